The normalized spacial score (nSPS) is 14.1. The van der Waals surface area contributed by atoms with E-state index in [4.69, 9.17) is 5.73 Å². The fourth-order valence-electron chi connectivity index (χ4n) is 1.67. The smallest absolute Gasteiger partial charge is 0.160 e. The summed E-state index contributed by atoms with van der Waals surface area (Å²) in [7, 11) is -1.46. The second-order valence-corrected chi connectivity index (χ2v) is 5.60. The van der Waals surface area contributed by atoms with Crippen LogP contribution in [0.4, 0.5) is 8.78 Å². The summed E-state index contributed by atoms with van der Waals surface area (Å²) in [6.07, 6.45) is 0. The number of hydrogen-bond donors (Lipinski definition) is 1. The highest BCUT2D eigenvalue weighted by atomic mass is 32.2. The van der Waals surface area contributed by atoms with E-state index in [1.807, 2.05) is 30.3 Å². The van der Waals surface area contributed by atoms with Crippen molar-refractivity contribution < 1.29 is 13.0 Å². The summed E-state index contributed by atoms with van der Waals surface area (Å²) in [5.74, 6) is -1.79. The molecule has 2 N–H and O–H groups in total. The first-order valence-corrected chi connectivity index (χ1v) is 7.04. The van der Waals surface area contributed by atoms with Gasteiger partial charge in [0, 0.05) is 16.7 Å². The zero-order valence-electron chi connectivity index (χ0n) is 10.1. The van der Waals surface area contributed by atoms with Gasteiger partial charge in [-0.3, -0.25) is 4.21 Å². The first kappa shape index (κ1) is 13.8. The van der Waals surface area contributed by atoms with E-state index < -0.39 is 28.5 Å². The largest absolute Gasteiger partial charge is 0.323 e. The molecule has 2 aromatic carbocycles. The third-order valence-electron chi connectivity index (χ3n) is 2.71. The molecule has 2 unspecified atom stereocenters. The maximum atomic E-state index is 13.1. The number of hydrogen-bond acceptors (Lipinski definition) is 2. The Labute approximate surface area is 112 Å². The van der Waals surface area contributed by atoms with Crippen LogP contribution in [0, 0.1) is 11.6 Å². The summed E-state index contributed by atoms with van der Waals surface area (Å²) in [5.41, 5.74) is 6.80. The summed E-state index contributed by atoms with van der Waals surface area (Å²) < 4.78 is 37.9. The fraction of sp³-hybridized carbons (Fsp3) is 0.143. The molecule has 0 radical (unpaired) electrons. The number of rotatable bonds is 4. The highest BCUT2D eigenvalue weighted by Crippen LogP contribution is 2.17. The van der Waals surface area contributed by atoms with Crippen LogP contribution in [0.25, 0.3) is 0 Å². The van der Waals surface area contributed by atoms with Gasteiger partial charge in [0.2, 0.25) is 0 Å². The fourth-order valence-corrected chi connectivity index (χ4v) is 2.84. The van der Waals surface area contributed by atoms with Gasteiger partial charge in [-0.2, -0.15) is 0 Å². The predicted octanol–water partition coefficient (Wildman–Crippen LogP) is 2.77. The highest BCUT2D eigenvalue weighted by molar-refractivity contribution is 7.85. The lowest BCUT2D eigenvalue weighted by molar-refractivity contribution is 0.505. The first-order chi connectivity index (χ1) is 9.08. The van der Waals surface area contributed by atoms with Gasteiger partial charge in [-0.15, -0.1) is 0 Å². The molecule has 0 saturated heterocycles. The van der Waals surface area contributed by atoms with Crippen molar-refractivity contribution in [3.63, 3.8) is 0 Å². The Morgan fingerprint density at radius 3 is 2.37 bits per heavy atom. The standard InChI is InChI=1S/C14H13F2NOS/c15-12-7-6-11(8-13(12)16)19(18)9-14(17)10-4-2-1-3-5-10/h1-8,14H,9,17H2. The molecule has 0 aromatic heterocycles. The molecule has 0 saturated carbocycles. The molecule has 0 fully saturated rings. The third kappa shape index (κ3) is 3.45. The van der Waals surface area contributed by atoms with Crippen LogP contribution in [-0.4, -0.2) is 9.96 Å². The summed E-state index contributed by atoms with van der Waals surface area (Å²) in [6.45, 7) is 0. The molecule has 5 heteroatoms. The van der Waals surface area contributed by atoms with Crippen molar-refractivity contribution in [2.75, 3.05) is 5.75 Å². The molecule has 2 rings (SSSR count). The summed E-state index contributed by atoms with van der Waals surface area (Å²) >= 11 is 0. The third-order valence-corrected chi connectivity index (χ3v) is 4.15. The van der Waals surface area contributed by atoms with Crippen LogP contribution >= 0.6 is 0 Å². The van der Waals surface area contributed by atoms with Crippen LogP contribution < -0.4 is 5.73 Å². The number of halogens is 2. The Morgan fingerprint density at radius 2 is 1.74 bits per heavy atom. The van der Waals surface area contributed by atoms with Gasteiger partial charge in [0.1, 0.15) is 0 Å². The Bertz CT molecular complexity index is 589. The molecule has 0 amide bonds. The lowest BCUT2D eigenvalue weighted by Crippen LogP contribution is -2.18. The Hall–Kier alpha value is -1.59. The molecule has 0 heterocycles. The maximum Gasteiger partial charge on any atom is 0.160 e. The van der Waals surface area contributed by atoms with Crippen LogP contribution in [-0.2, 0) is 10.8 Å². The Morgan fingerprint density at radius 1 is 1.05 bits per heavy atom. The van der Waals surface area contributed by atoms with Crippen LogP contribution in [0.2, 0.25) is 0 Å². The van der Waals surface area contributed by atoms with Crippen LogP contribution in [0.3, 0.4) is 0 Å². The van der Waals surface area contributed by atoms with E-state index in [0.717, 1.165) is 17.7 Å². The molecule has 2 nitrogen and oxygen atoms in total. The van der Waals surface area contributed by atoms with E-state index in [1.54, 1.807) is 0 Å². The minimum Gasteiger partial charge on any atom is -0.323 e. The molecular formula is C14H13F2NOS. The Kier molecular flexibility index (Phi) is 4.39. The molecular weight excluding hydrogens is 268 g/mol. The van der Waals surface area contributed by atoms with Gasteiger partial charge < -0.3 is 5.73 Å². The monoisotopic (exact) mass is 281 g/mol. The van der Waals surface area contributed by atoms with E-state index in [2.05, 4.69) is 0 Å². The SMILES string of the molecule is NC(CS(=O)c1ccc(F)c(F)c1)c1ccccc1. The van der Waals surface area contributed by atoms with E-state index in [9.17, 15) is 13.0 Å². The van der Waals surface area contributed by atoms with Crippen molar-refractivity contribution in [2.45, 2.75) is 10.9 Å². The van der Waals surface area contributed by atoms with Gasteiger partial charge in [0.15, 0.2) is 11.6 Å². The van der Waals surface area contributed by atoms with Crippen LogP contribution in [0.5, 0.6) is 0 Å². The average molecular weight is 281 g/mol. The van der Waals surface area contributed by atoms with E-state index in [0.29, 0.717) is 0 Å². The minimum atomic E-state index is -1.46. The molecule has 19 heavy (non-hydrogen) atoms. The minimum absolute atomic E-state index is 0.162. The molecule has 0 bridgehead atoms. The van der Waals surface area contributed by atoms with Gasteiger partial charge >= 0.3 is 0 Å². The van der Waals surface area contributed by atoms with Crippen molar-refractivity contribution in [1.82, 2.24) is 0 Å². The van der Waals surface area contributed by atoms with Crippen molar-refractivity contribution in [2.24, 2.45) is 5.73 Å². The molecule has 2 atom stereocenters. The second-order valence-electron chi connectivity index (χ2n) is 4.11. The Balaban J connectivity index is 2.11. The van der Waals surface area contributed by atoms with Crippen molar-refractivity contribution >= 4 is 10.8 Å². The van der Waals surface area contributed by atoms with E-state index in [-0.39, 0.29) is 10.6 Å². The van der Waals surface area contributed by atoms with Gasteiger partial charge in [-0.25, -0.2) is 8.78 Å². The summed E-state index contributed by atoms with van der Waals surface area (Å²) in [6, 6.07) is 12.1. The lowest BCUT2D eigenvalue weighted by atomic mass is 10.1. The molecule has 0 spiro atoms. The number of benzene rings is 2. The van der Waals surface area contributed by atoms with Gasteiger partial charge in [-0.1, -0.05) is 30.3 Å². The van der Waals surface area contributed by atoms with Crippen LogP contribution in [0.15, 0.2) is 53.4 Å². The van der Waals surface area contributed by atoms with Crippen molar-refractivity contribution in [3.8, 4) is 0 Å². The van der Waals surface area contributed by atoms with Crippen molar-refractivity contribution in [1.29, 1.82) is 0 Å². The highest BCUT2D eigenvalue weighted by Gasteiger charge is 2.13. The summed E-state index contributed by atoms with van der Waals surface area (Å²) in [4.78, 5) is 0.241. The molecule has 2 aromatic rings. The van der Waals surface area contributed by atoms with E-state index in [1.165, 1.54) is 6.07 Å². The molecule has 0 aliphatic carbocycles. The number of nitrogens with two attached hydrogens (primary N) is 1. The topological polar surface area (TPSA) is 43.1 Å². The lowest BCUT2D eigenvalue weighted by Gasteiger charge is -2.11. The molecule has 100 valence electrons. The second kappa shape index (κ2) is 6.04. The van der Waals surface area contributed by atoms with Gasteiger partial charge in [0.05, 0.1) is 10.8 Å². The molecule has 0 aliphatic heterocycles. The van der Waals surface area contributed by atoms with Gasteiger partial charge in [-0.05, 0) is 23.8 Å². The predicted molar refractivity (Wildman–Crippen MR) is 71.0 cm³/mol. The zero-order chi connectivity index (χ0) is 13.8. The van der Waals surface area contributed by atoms with Crippen LogP contribution in [0.1, 0.15) is 11.6 Å². The van der Waals surface area contributed by atoms with Crippen molar-refractivity contribution in [3.05, 3.63) is 65.7 Å². The van der Waals surface area contributed by atoms with Gasteiger partial charge in [0.25, 0.3) is 0 Å². The summed E-state index contributed by atoms with van der Waals surface area (Å²) in [5, 5.41) is 0. The average Bonchev–Trinajstić information content (AvgIpc) is 2.42. The van der Waals surface area contributed by atoms with E-state index >= 15 is 0 Å². The first-order valence-electron chi connectivity index (χ1n) is 5.72. The molecule has 0 aliphatic rings. The zero-order valence-corrected chi connectivity index (χ0v) is 10.9. The quantitative estimate of drug-likeness (QED) is 0.936. The maximum absolute atomic E-state index is 13.1.